The van der Waals surface area contributed by atoms with Crippen molar-refractivity contribution in [1.82, 2.24) is 9.80 Å². The quantitative estimate of drug-likeness (QED) is 0.711. The fourth-order valence-electron chi connectivity index (χ4n) is 5.83. The van der Waals surface area contributed by atoms with Gasteiger partial charge in [-0.25, -0.2) is 0 Å². The van der Waals surface area contributed by atoms with E-state index in [1.54, 1.807) is 0 Å². The number of nitrogens with zero attached hydrogens (tertiary/aromatic N) is 2. The Bertz CT molecular complexity index is 579. The lowest BCUT2D eigenvalue weighted by molar-refractivity contribution is -0.150. The second-order valence-electron chi connectivity index (χ2n) is 11.6. The average Bonchev–Trinajstić information content (AvgIpc) is 2.59. The van der Waals surface area contributed by atoms with E-state index in [1.807, 2.05) is 0 Å². The van der Waals surface area contributed by atoms with Crippen molar-refractivity contribution in [1.29, 1.82) is 0 Å². The van der Waals surface area contributed by atoms with Crippen molar-refractivity contribution >= 4 is 11.7 Å². The molecule has 0 aromatic carbocycles. The fourth-order valence-corrected chi connectivity index (χ4v) is 5.83. The standard InChI is InChI=1S/C24H42N2O2/c1-22(2,3)21(28)24(12-7-13-24)19-10-14-25(15-11-19)20(27)18-8-16-26(17-9-18)23(4,5)6/h18-19H,7-17H2,1-6H3. The molecule has 3 fully saturated rings. The van der Waals surface area contributed by atoms with Crippen LogP contribution in [-0.4, -0.2) is 53.2 Å². The number of ketones is 1. The Morgan fingerprint density at radius 2 is 1.36 bits per heavy atom. The van der Waals surface area contributed by atoms with Crippen LogP contribution in [-0.2, 0) is 9.59 Å². The zero-order valence-corrected chi connectivity index (χ0v) is 19.1. The predicted molar refractivity (Wildman–Crippen MR) is 114 cm³/mol. The van der Waals surface area contributed by atoms with Crippen LogP contribution in [0.25, 0.3) is 0 Å². The van der Waals surface area contributed by atoms with Gasteiger partial charge in [-0.15, -0.1) is 0 Å². The predicted octanol–water partition coefficient (Wildman–Crippen LogP) is 4.52. The van der Waals surface area contributed by atoms with E-state index in [9.17, 15) is 9.59 Å². The normalized spacial score (nSPS) is 25.4. The summed E-state index contributed by atoms with van der Waals surface area (Å²) in [7, 11) is 0. The molecule has 0 spiro atoms. The number of Topliss-reactive ketones (excluding diaryl/α,β-unsaturated/α-hetero) is 1. The van der Waals surface area contributed by atoms with Crippen molar-refractivity contribution in [3.8, 4) is 0 Å². The molecule has 28 heavy (non-hydrogen) atoms. The van der Waals surface area contributed by atoms with Crippen LogP contribution < -0.4 is 0 Å². The van der Waals surface area contributed by atoms with Crippen molar-refractivity contribution in [3.63, 3.8) is 0 Å². The molecule has 1 aliphatic carbocycles. The average molecular weight is 391 g/mol. The van der Waals surface area contributed by atoms with Crippen molar-refractivity contribution in [3.05, 3.63) is 0 Å². The van der Waals surface area contributed by atoms with Crippen LogP contribution in [0.15, 0.2) is 0 Å². The van der Waals surface area contributed by atoms with E-state index in [2.05, 4.69) is 51.3 Å². The molecular weight excluding hydrogens is 348 g/mol. The van der Waals surface area contributed by atoms with Gasteiger partial charge in [-0.05, 0) is 78.3 Å². The van der Waals surface area contributed by atoms with E-state index in [0.29, 0.717) is 17.6 Å². The number of carbonyl (C=O) groups excluding carboxylic acids is 2. The van der Waals surface area contributed by atoms with Gasteiger partial charge in [0.25, 0.3) is 0 Å². The summed E-state index contributed by atoms with van der Waals surface area (Å²) in [6.45, 7) is 16.7. The van der Waals surface area contributed by atoms with Crippen molar-refractivity contribution in [2.75, 3.05) is 26.2 Å². The topological polar surface area (TPSA) is 40.6 Å². The molecule has 3 aliphatic rings. The summed E-state index contributed by atoms with van der Waals surface area (Å²) in [6.07, 6.45) is 7.31. The van der Waals surface area contributed by atoms with Gasteiger partial charge in [0.1, 0.15) is 5.78 Å². The van der Waals surface area contributed by atoms with Gasteiger partial charge in [0.15, 0.2) is 0 Å². The molecule has 0 radical (unpaired) electrons. The Balaban J connectivity index is 1.54. The third kappa shape index (κ3) is 4.17. The zero-order valence-electron chi connectivity index (χ0n) is 19.1. The summed E-state index contributed by atoms with van der Waals surface area (Å²) >= 11 is 0. The Morgan fingerprint density at radius 1 is 0.821 bits per heavy atom. The number of hydrogen-bond acceptors (Lipinski definition) is 3. The van der Waals surface area contributed by atoms with Crippen molar-refractivity contribution in [2.45, 2.75) is 92.0 Å². The molecule has 0 bridgehead atoms. The lowest BCUT2D eigenvalue weighted by atomic mass is 9.53. The minimum atomic E-state index is -0.256. The van der Waals surface area contributed by atoms with E-state index in [0.717, 1.165) is 64.7 Å². The Labute approximate surface area is 172 Å². The Kier molecular flexibility index (Phi) is 6.02. The van der Waals surface area contributed by atoms with Crippen LogP contribution in [0.4, 0.5) is 0 Å². The molecular formula is C24H42N2O2. The number of rotatable bonds is 3. The first-order valence-corrected chi connectivity index (χ1v) is 11.5. The first kappa shape index (κ1) is 21.8. The minimum Gasteiger partial charge on any atom is -0.342 e. The number of carbonyl (C=O) groups is 2. The molecule has 0 aromatic rings. The highest BCUT2D eigenvalue weighted by molar-refractivity contribution is 5.90. The summed E-state index contributed by atoms with van der Waals surface area (Å²) in [5, 5.41) is 0. The summed E-state index contributed by atoms with van der Waals surface area (Å²) in [5.74, 6) is 1.51. The second kappa shape index (κ2) is 7.74. The van der Waals surface area contributed by atoms with E-state index in [4.69, 9.17) is 0 Å². The first-order valence-electron chi connectivity index (χ1n) is 11.5. The highest BCUT2D eigenvalue weighted by Gasteiger charge is 2.53. The fraction of sp³-hybridized carbons (Fsp3) is 0.917. The molecule has 0 unspecified atom stereocenters. The molecule has 4 nitrogen and oxygen atoms in total. The SMILES string of the molecule is CC(C)(C)C(=O)C1(C2CCN(C(=O)C3CCN(C(C)(C)C)CC3)CC2)CCC1. The molecule has 0 atom stereocenters. The third-order valence-corrected chi connectivity index (χ3v) is 7.76. The molecule has 2 saturated heterocycles. The van der Waals surface area contributed by atoms with Gasteiger partial charge in [0.05, 0.1) is 0 Å². The molecule has 3 rings (SSSR count). The highest BCUT2D eigenvalue weighted by atomic mass is 16.2. The number of amides is 1. The van der Waals surface area contributed by atoms with Gasteiger partial charge in [-0.3, -0.25) is 14.5 Å². The van der Waals surface area contributed by atoms with Crippen LogP contribution in [0.2, 0.25) is 0 Å². The van der Waals surface area contributed by atoms with E-state index in [1.165, 1.54) is 6.42 Å². The maximum atomic E-state index is 13.2. The maximum absolute atomic E-state index is 13.2. The lowest BCUT2D eigenvalue weighted by Gasteiger charge is -2.52. The Hall–Kier alpha value is -0.900. The van der Waals surface area contributed by atoms with E-state index < -0.39 is 0 Å². The van der Waals surface area contributed by atoms with Gasteiger partial charge < -0.3 is 4.90 Å². The summed E-state index contributed by atoms with van der Waals surface area (Å²) < 4.78 is 0. The van der Waals surface area contributed by atoms with Gasteiger partial charge in [0, 0.05) is 35.4 Å². The summed E-state index contributed by atoms with van der Waals surface area (Å²) in [6, 6.07) is 0. The molecule has 2 aliphatic heterocycles. The summed E-state index contributed by atoms with van der Waals surface area (Å²) in [5.41, 5.74) is -0.150. The smallest absolute Gasteiger partial charge is 0.225 e. The molecule has 1 amide bonds. The van der Waals surface area contributed by atoms with Crippen LogP contribution >= 0.6 is 0 Å². The number of piperidine rings is 2. The third-order valence-electron chi connectivity index (χ3n) is 7.76. The lowest BCUT2D eigenvalue weighted by Crippen LogP contribution is -2.54. The van der Waals surface area contributed by atoms with Crippen LogP contribution in [0, 0.1) is 22.7 Å². The van der Waals surface area contributed by atoms with Crippen LogP contribution in [0.3, 0.4) is 0 Å². The molecule has 160 valence electrons. The number of hydrogen-bond donors (Lipinski definition) is 0. The van der Waals surface area contributed by atoms with Crippen molar-refractivity contribution in [2.24, 2.45) is 22.7 Å². The molecule has 1 saturated carbocycles. The first-order chi connectivity index (χ1) is 12.9. The van der Waals surface area contributed by atoms with Gasteiger partial charge in [0.2, 0.25) is 5.91 Å². The van der Waals surface area contributed by atoms with Gasteiger partial charge >= 0.3 is 0 Å². The molecule has 0 N–H and O–H groups in total. The van der Waals surface area contributed by atoms with Crippen LogP contribution in [0.5, 0.6) is 0 Å². The van der Waals surface area contributed by atoms with Crippen LogP contribution in [0.1, 0.15) is 86.5 Å². The minimum absolute atomic E-state index is 0.0918. The summed E-state index contributed by atoms with van der Waals surface area (Å²) in [4.78, 5) is 30.9. The highest BCUT2D eigenvalue weighted by Crippen LogP contribution is 2.54. The van der Waals surface area contributed by atoms with E-state index in [-0.39, 0.29) is 22.3 Å². The molecule has 2 heterocycles. The van der Waals surface area contributed by atoms with E-state index >= 15 is 0 Å². The molecule has 0 aromatic heterocycles. The zero-order chi connectivity index (χ0) is 20.7. The molecule has 4 heteroatoms. The second-order valence-corrected chi connectivity index (χ2v) is 11.6. The Morgan fingerprint density at radius 3 is 1.75 bits per heavy atom. The maximum Gasteiger partial charge on any atom is 0.225 e. The largest absolute Gasteiger partial charge is 0.342 e. The van der Waals surface area contributed by atoms with Crippen molar-refractivity contribution < 1.29 is 9.59 Å². The number of likely N-dealkylation sites (tertiary alicyclic amines) is 2. The van der Waals surface area contributed by atoms with Gasteiger partial charge in [-0.2, -0.15) is 0 Å². The monoisotopic (exact) mass is 390 g/mol. The van der Waals surface area contributed by atoms with Gasteiger partial charge in [-0.1, -0.05) is 27.2 Å².